The number of hydrogen-bond donors (Lipinski definition) is 1. The Hall–Kier alpha value is -0.540. The molecule has 0 aliphatic rings. The topological polar surface area (TPSA) is 29.3 Å². The third kappa shape index (κ3) is 5.10. The van der Waals surface area contributed by atoms with E-state index in [1.807, 2.05) is 0 Å². The quantitative estimate of drug-likeness (QED) is 0.749. The van der Waals surface area contributed by atoms with Crippen molar-refractivity contribution in [3.8, 4) is 0 Å². The maximum atomic E-state index is 6.05. The Labute approximate surface area is 132 Å². The summed E-state index contributed by atoms with van der Waals surface area (Å²) in [4.78, 5) is 2.45. The van der Waals surface area contributed by atoms with E-state index in [1.165, 1.54) is 22.1 Å². The van der Waals surface area contributed by atoms with Crippen LogP contribution in [0.25, 0.3) is 0 Å². The zero-order valence-corrected chi connectivity index (χ0v) is 14.9. The molecule has 1 aromatic carbocycles. The fourth-order valence-electron chi connectivity index (χ4n) is 2.25. The molecule has 0 fully saturated rings. The van der Waals surface area contributed by atoms with Gasteiger partial charge in [0.1, 0.15) is 0 Å². The number of nitrogens with two attached hydrogens (primary N) is 1. The second-order valence-electron chi connectivity index (χ2n) is 5.70. The number of halogens is 1. The van der Waals surface area contributed by atoms with Crippen molar-refractivity contribution in [3.63, 3.8) is 0 Å². The molecule has 0 spiro atoms. The molecule has 20 heavy (non-hydrogen) atoms. The average molecular weight is 341 g/mol. The van der Waals surface area contributed by atoms with E-state index in [1.54, 1.807) is 0 Å². The molecule has 114 valence electrons. The van der Waals surface area contributed by atoms with E-state index in [2.05, 4.69) is 66.7 Å². The Morgan fingerprint density at radius 2 is 1.90 bits per heavy atom. The highest BCUT2D eigenvalue weighted by Gasteiger charge is 2.11. The molecule has 1 rings (SSSR count). The molecule has 0 aromatic heterocycles. The summed E-state index contributed by atoms with van der Waals surface area (Å²) in [7, 11) is 0. The van der Waals surface area contributed by atoms with E-state index in [4.69, 9.17) is 5.73 Å². The lowest BCUT2D eigenvalue weighted by atomic mass is 10.0. The van der Waals surface area contributed by atoms with Gasteiger partial charge in [0.05, 0.1) is 0 Å². The molecular weight excluding hydrogens is 312 g/mol. The number of hydrogen-bond acceptors (Lipinski definition) is 2. The minimum absolute atomic E-state index is 0.250. The van der Waals surface area contributed by atoms with Crippen LogP contribution in [-0.2, 0) is 6.42 Å². The number of rotatable bonds is 8. The third-order valence-electron chi connectivity index (χ3n) is 4.02. The van der Waals surface area contributed by atoms with Crippen LogP contribution in [0.15, 0.2) is 22.7 Å². The highest BCUT2D eigenvalue weighted by Crippen LogP contribution is 2.26. The second kappa shape index (κ2) is 8.68. The molecule has 0 saturated heterocycles. The summed E-state index contributed by atoms with van der Waals surface area (Å²) < 4.78 is 1.18. The monoisotopic (exact) mass is 340 g/mol. The lowest BCUT2D eigenvalue weighted by Gasteiger charge is -2.27. The molecule has 2 N–H and O–H groups in total. The molecule has 2 unspecified atom stereocenters. The second-order valence-corrected chi connectivity index (χ2v) is 6.55. The van der Waals surface area contributed by atoms with Gasteiger partial charge >= 0.3 is 0 Å². The van der Waals surface area contributed by atoms with Gasteiger partial charge in [0, 0.05) is 29.3 Å². The fraction of sp³-hybridized carbons (Fsp3) is 0.647. The van der Waals surface area contributed by atoms with E-state index in [0.717, 1.165) is 31.8 Å². The van der Waals surface area contributed by atoms with Crippen molar-refractivity contribution in [2.24, 2.45) is 11.7 Å². The summed E-state index contributed by atoms with van der Waals surface area (Å²) in [5.41, 5.74) is 8.66. The van der Waals surface area contributed by atoms with Gasteiger partial charge in [-0.15, -0.1) is 0 Å². The van der Waals surface area contributed by atoms with Crippen LogP contribution < -0.4 is 10.6 Å². The van der Waals surface area contributed by atoms with Crippen LogP contribution in [0.2, 0.25) is 0 Å². The number of anilines is 1. The first-order valence-electron chi connectivity index (χ1n) is 7.80. The Morgan fingerprint density at radius 1 is 1.20 bits per heavy atom. The van der Waals surface area contributed by atoms with Crippen LogP contribution >= 0.6 is 15.9 Å². The molecule has 0 saturated carbocycles. The van der Waals surface area contributed by atoms with Crippen molar-refractivity contribution in [3.05, 3.63) is 28.2 Å². The van der Waals surface area contributed by atoms with Gasteiger partial charge in [-0.25, -0.2) is 0 Å². The summed E-state index contributed by atoms with van der Waals surface area (Å²) in [6, 6.07) is 6.94. The number of nitrogens with zero attached hydrogens (tertiary/aromatic N) is 1. The molecule has 0 bridgehead atoms. The van der Waals surface area contributed by atoms with Crippen LogP contribution in [0.5, 0.6) is 0 Å². The summed E-state index contributed by atoms with van der Waals surface area (Å²) in [5.74, 6) is 0.724. The predicted molar refractivity (Wildman–Crippen MR) is 93.5 cm³/mol. The lowest BCUT2D eigenvalue weighted by Crippen LogP contribution is -2.28. The van der Waals surface area contributed by atoms with E-state index < -0.39 is 0 Å². The van der Waals surface area contributed by atoms with Gasteiger partial charge in [-0.05, 0) is 43.4 Å². The van der Waals surface area contributed by atoms with Crippen molar-refractivity contribution in [1.29, 1.82) is 0 Å². The fourth-order valence-corrected chi connectivity index (χ4v) is 2.78. The highest BCUT2D eigenvalue weighted by molar-refractivity contribution is 9.10. The first kappa shape index (κ1) is 17.5. The van der Waals surface area contributed by atoms with Gasteiger partial charge in [0.2, 0.25) is 0 Å². The molecule has 0 aliphatic heterocycles. The van der Waals surface area contributed by atoms with Crippen molar-refractivity contribution < 1.29 is 0 Å². The van der Waals surface area contributed by atoms with E-state index in [9.17, 15) is 0 Å². The molecule has 2 atom stereocenters. The van der Waals surface area contributed by atoms with E-state index >= 15 is 0 Å². The van der Waals surface area contributed by atoms with Crippen molar-refractivity contribution >= 4 is 21.6 Å². The molecule has 0 aliphatic carbocycles. The summed E-state index contributed by atoms with van der Waals surface area (Å²) >= 11 is 3.70. The zero-order valence-electron chi connectivity index (χ0n) is 13.3. The van der Waals surface area contributed by atoms with Gasteiger partial charge in [0.15, 0.2) is 0 Å². The minimum atomic E-state index is 0.250. The maximum absolute atomic E-state index is 6.05. The van der Waals surface area contributed by atoms with Crippen LogP contribution in [0.3, 0.4) is 0 Å². The largest absolute Gasteiger partial charge is 0.372 e. The Kier molecular flexibility index (Phi) is 7.60. The maximum Gasteiger partial charge on any atom is 0.0377 e. The predicted octanol–water partition coefficient (Wildman–Crippen LogP) is 4.60. The molecule has 3 heteroatoms. The molecule has 2 nitrogen and oxygen atoms in total. The average Bonchev–Trinajstić information content (AvgIpc) is 2.46. The van der Waals surface area contributed by atoms with Gasteiger partial charge in [-0.3, -0.25) is 0 Å². The van der Waals surface area contributed by atoms with E-state index in [-0.39, 0.29) is 6.04 Å². The van der Waals surface area contributed by atoms with Crippen LogP contribution in [0, 0.1) is 5.92 Å². The standard InChI is InChI=1S/C17H29BrN2/c1-5-13(4)12-20(7-3)16-9-8-14(17(18)11-16)10-15(19)6-2/h8-9,11,13,15H,5-7,10,12,19H2,1-4H3. The van der Waals surface area contributed by atoms with Crippen molar-refractivity contribution in [2.45, 2.75) is 53.0 Å². The normalized spacial score (nSPS) is 14.1. The minimum Gasteiger partial charge on any atom is -0.372 e. The van der Waals surface area contributed by atoms with E-state index in [0.29, 0.717) is 0 Å². The van der Waals surface area contributed by atoms with Gasteiger partial charge in [0.25, 0.3) is 0 Å². The first-order chi connectivity index (χ1) is 9.51. The molecule has 1 aromatic rings. The molecule has 0 heterocycles. The van der Waals surface area contributed by atoms with Crippen molar-refractivity contribution in [2.75, 3.05) is 18.0 Å². The SMILES string of the molecule is CCC(C)CN(CC)c1ccc(CC(N)CC)c(Br)c1. The molecular formula is C17H29BrN2. The smallest absolute Gasteiger partial charge is 0.0377 e. The lowest BCUT2D eigenvalue weighted by molar-refractivity contribution is 0.548. The van der Waals surface area contributed by atoms with Crippen LogP contribution in [0.4, 0.5) is 5.69 Å². The third-order valence-corrected chi connectivity index (χ3v) is 4.76. The molecule has 0 radical (unpaired) electrons. The summed E-state index contributed by atoms with van der Waals surface area (Å²) in [5, 5.41) is 0. The van der Waals surface area contributed by atoms with Gasteiger partial charge < -0.3 is 10.6 Å². The van der Waals surface area contributed by atoms with Gasteiger partial charge in [-0.2, -0.15) is 0 Å². The first-order valence-corrected chi connectivity index (χ1v) is 8.59. The molecule has 0 amide bonds. The summed E-state index contributed by atoms with van der Waals surface area (Å²) in [6.45, 7) is 11.1. The van der Waals surface area contributed by atoms with Crippen LogP contribution in [0.1, 0.15) is 46.1 Å². The van der Waals surface area contributed by atoms with Gasteiger partial charge in [-0.1, -0.05) is 49.2 Å². The number of benzene rings is 1. The Bertz CT molecular complexity index is 406. The Balaban J connectivity index is 2.83. The zero-order chi connectivity index (χ0) is 15.1. The van der Waals surface area contributed by atoms with Crippen LogP contribution in [-0.4, -0.2) is 19.1 Å². The summed E-state index contributed by atoms with van der Waals surface area (Å²) in [6.07, 6.45) is 3.18. The van der Waals surface area contributed by atoms with Crippen molar-refractivity contribution in [1.82, 2.24) is 0 Å². The highest BCUT2D eigenvalue weighted by atomic mass is 79.9. The Morgan fingerprint density at radius 3 is 2.40 bits per heavy atom.